The number of aryl methyl sites for hydroxylation is 2. The lowest BCUT2D eigenvalue weighted by Gasteiger charge is -2.35. The number of likely N-dealkylation sites (tertiary alicyclic amines) is 1. The van der Waals surface area contributed by atoms with Gasteiger partial charge in [0.1, 0.15) is 16.5 Å². The van der Waals surface area contributed by atoms with E-state index in [4.69, 9.17) is 9.97 Å². The molecule has 0 N–H and O–H groups in total. The first-order chi connectivity index (χ1) is 18.1. The average molecular weight is 538 g/mol. The molecule has 3 aromatic rings. The van der Waals surface area contributed by atoms with E-state index in [1.807, 2.05) is 41.7 Å². The molecule has 2 aromatic heterocycles. The number of aromatic nitrogens is 2. The van der Waals surface area contributed by atoms with E-state index in [0.717, 1.165) is 54.5 Å². The Morgan fingerprint density at radius 3 is 2.41 bits per heavy atom. The molecule has 6 rings (SSSR count). The standard InChI is InChI=1S/C28H35N5O2S2/c34-37(35,20-13-22-9-3-1-4-10-22)33-18-16-32(17-19-33)27-26-23-11-5-6-12-24(23)36-28(26)30-25(29-27)21-31-14-7-2-8-15-31/h1,3-4,9-10,13,20H,2,5-8,11-12,14-19,21H2. The van der Waals surface area contributed by atoms with E-state index in [0.29, 0.717) is 26.2 Å². The molecule has 0 amide bonds. The van der Waals surface area contributed by atoms with Gasteiger partial charge in [0.2, 0.25) is 10.0 Å². The molecule has 0 radical (unpaired) electrons. The third-order valence-electron chi connectivity index (χ3n) is 7.79. The number of nitrogens with zero attached hydrogens (tertiary/aromatic N) is 5. The summed E-state index contributed by atoms with van der Waals surface area (Å²) in [6.07, 6.45) is 10.2. The zero-order valence-electron chi connectivity index (χ0n) is 21.3. The van der Waals surface area contributed by atoms with Crippen molar-refractivity contribution in [1.29, 1.82) is 0 Å². The summed E-state index contributed by atoms with van der Waals surface area (Å²) in [4.78, 5) is 17.6. The predicted molar refractivity (Wildman–Crippen MR) is 151 cm³/mol. The molecular formula is C28H35N5O2S2. The van der Waals surface area contributed by atoms with E-state index in [-0.39, 0.29) is 0 Å². The van der Waals surface area contributed by atoms with Gasteiger partial charge in [0.25, 0.3) is 0 Å². The lowest BCUT2D eigenvalue weighted by Crippen LogP contribution is -2.48. The van der Waals surface area contributed by atoms with Crippen molar-refractivity contribution in [2.45, 2.75) is 51.5 Å². The Hall–Kier alpha value is -2.33. The Labute approximate surface area is 223 Å². The lowest BCUT2D eigenvalue weighted by molar-refractivity contribution is 0.216. The number of fused-ring (bicyclic) bond motifs is 3. The molecule has 0 spiro atoms. The number of benzene rings is 1. The maximum absolute atomic E-state index is 13.0. The zero-order valence-corrected chi connectivity index (χ0v) is 22.9. The number of thiophene rings is 1. The van der Waals surface area contributed by atoms with Crippen LogP contribution in [-0.4, -0.2) is 66.9 Å². The summed E-state index contributed by atoms with van der Waals surface area (Å²) in [7, 11) is -3.47. The van der Waals surface area contributed by atoms with Crippen molar-refractivity contribution in [2.24, 2.45) is 0 Å². The molecule has 0 bridgehead atoms. The van der Waals surface area contributed by atoms with Crippen LogP contribution >= 0.6 is 11.3 Å². The van der Waals surface area contributed by atoms with Crippen molar-refractivity contribution in [3.05, 3.63) is 57.6 Å². The van der Waals surface area contributed by atoms with Gasteiger partial charge >= 0.3 is 0 Å². The molecule has 3 aliphatic rings. The summed E-state index contributed by atoms with van der Waals surface area (Å²) >= 11 is 1.85. The normalized spacial score (nSPS) is 20.1. The molecule has 4 heterocycles. The van der Waals surface area contributed by atoms with Gasteiger partial charge in [0.15, 0.2) is 0 Å². The smallest absolute Gasteiger partial charge is 0.236 e. The first-order valence-corrected chi connectivity index (χ1v) is 15.9. The first-order valence-electron chi connectivity index (χ1n) is 13.6. The molecule has 37 heavy (non-hydrogen) atoms. The van der Waals surface area contributed by atoms with Crippen LogP contribution in [0.2, 0.25) is 0 Å². The predicted octanol–water partition coefficient (Wildman–Crippen LogP) is 4.68. The number of piperidine rings is 1. The van der Waals surface area contributed by atoms with Crippen LogP contribution < -0.4 is 4.90 Å². The molecule has 2 aliphatic heterocycles. The van der Waals surface area contributed by atoms with Crippen LogP contribution in [0.5, 0.6) is 0 Å². The van der Waals surface area contributed by atoms with Gasteiger partial charge in [-0.3, -0.25) is 4.90 Å². The van der Waals surface area contributed by atoms with Crippen LogP contribution in [0.3, 0.4) is 0 Å². The SMILES string of the molecule is O=S(=O)(C=Cc1ccccc1)N1CCN(c2nc(CN3CCCCC3)nc3sc4c(c23)CCCC4)CC1. The summed E-state index contributed by atoms with van der Waals surface area (Å²) in [6, 6.07) is 9.57. The molecule has 0 saturated carbocycles. The van der Waals surface area contributed by atoms with E-state index in [1.165, 1.54) is 53.3 Å². The fraction of sp³-hybridized carbons (Fsp3) is 0.500. The van der Waals surface area contributed by atoms with Crippen molar-refractivity contribution in [1.82, 2.24) is 19.2 Å². The van der Waals surface area contributed by atoms with E-state index in [9.17, 15) is 8.42 Å². The Morgan fingerprint density at radius 2 is 1.62 bits per heavy atom. The Bertz CT molecular complexity index is 1370. The van der Waals surface area contributed by atoms with Gasteiger partial charge in [-0.05, 0) is 68.8 Å². The van der Waals surface area contributed by atoms with E-state index >= 15 is 0 Å². The highest BCUT2D eigenvalue weighted by Crippen LogP contribution is 2.40. The Morgan fingerprint density at radius 1 is 0.865 bits per heavy atom. The van der Waals surface area contributed by atoms with E-state index in [1.54, 1.807) is 10.4 Å². The van der Waals surface area contributed by atoms with E-state index in [2.05, 4.69) is 9.80 Å². The van der Waals surface area contributed by atoms with Gasteiger partial charge in [-0.25, -0.2) is 18.4 Å². The van der Waals surface area contributed by atoms with Gasteiger partial charge in [0.05, 0.1) is 11.9 Å². The molecule has 2 saturated heterocycles. The monoisotopic (exact) mass is 537 g/mol. The molecule has 196 valence electrons. The highest BCUT2D eigenvalue weighted by Gasteiger charge is 2.29. The average Bonchev–Trinajstić information content (AvgIpc) is 3.31. The number of rotatable bonds is 6. The maximum atomic E-state index is 13.0. The number of hydrogen-bond acceptors (Lipinski definition) is 7. The van der Waals surface area contributed by atoms with Crippen LogP contribution in [0.4, 0.5) is 5.82 Å². The second kappa shape index (κ2) is 10.8. The first kappa shape index (κ1) is 25.0. The van der Waals surface area contributed by atoms with Crippen molar-refractivity contribution in [3.63, 3.8) is 0 Å². The second-order valence-corrected chi connectivity index (χ2v) is 13.2. The van der Waals surface area contributed by atoms with Gasteiger partial charge in [-0.2, -0.15) is 4.31 Å². The van der Waals surface area contributed by atoms with Crippen LogP contribution in [0.1, 0.15) is 53.9 Å². The minimum absolute atomic E-state index is 0.459. The van der Waals surface area contributed by atoms with Gasteiger partial charge < -0.3 is 4.90 Å². The third kappa shape index (κ3) is 5.46. The summed E-state index contributed by atoms with van der Waals surface area (Å²) in [6.45, 7) is 5.22. The minimum Gasteiger partial charge on any atom is -0.353 e. The van der Waals surface area contributed by atoms with E-state index < -0.39 is 10.0 Å². The fourth-order valence-electron chi connectivity index (χ4n) is 5.77. The van der Waals surface area contributed by atoms with Crippen molar-refractivity contribution >= 4 is 43.5 Å². The van der Waals surface area contributed by atoms with Crippen LogP contribution in [0.15, 0.2) is 35.7 Å². The van der Waals surface area contributed by atoms with Crippen molar-refractivity contribution in [2.75, 3.05) is 44.2 Å². The number of hydrogen-bond donors (Lipinski definition) is 0. The topological polar surface area (TPSA) is 69.6 Å². The molecule has 2 fully saturated rings. The third-order valence-corrected chi connectivity index (χ3v) is 10.5. The maximum Gasteiger partial charge on any atom is 0.236 e. The molecule has 1 aromatic carbocycles. The molecular weight excluding hydrogens is 502 g/mol. The van der Waals surface area contributed by atoms with Crippen molar-refractivity contribution < 1.29 is 8.42 Å². The van der Waals surface area contributed by atoms with Gasteiger partial charge in [-0.15, -0.1) is 11.3 Å². The number of anilines is 1. The largest absolute Gasteiger partial charge is 0.353 e. The summed E-state index contributed by atoms with van der Waals surface area (Å²) in [5.74, 6) is 1.93. The highest BCUT2D eigenvalue weighted by atomic mass is 32.2. The number of piperazine rings is 1. The second-order valence-electron chi connectivity index (χ2n) is 10.3. The summed E-state index contributed by atoms with van der Waals surface area (Å²) in [5.41, 5.74) is 2.32. The quantitative estimate of drug-likeness (QED) is 0.455. The van der Waals surface area contributed by atoms with Gasteiger partial charge in [0, 0.05) is 36.5 Å². The molecule has 7 nitrogen and oxygen atoms in total. The molecule has 0 atom stereocenters. The minimum atomic E-state index is -3.47. The van der Waals surface area contributed by atoms with Crippen LogP contribution in [-0.2, 0) is 29.4 Å². The highest BCUT2D eigenvalue weighted by molar-refractivity contribution is 7.92. The number of sulfonamides is 1. The Balaban J connectivity index is 1.25. The lowest BCUT2D eigenvalue weighted by atomic mass is 9.97. The molecule has 1 aliphatic carbocycles. The zero-order chi connectivity index (χ0) is 25.2. The summed E-state index contributed by atoms with van der Waals surface area (Å²) < 4.78 is 27.7. The van der Waals surface area contributed by atoms with Gasteiger partial charge in [-0.1, -0.05) is 36.8 Å². The van der Waals surface area contributed by atoms with Crippen LogP contribution in [0, 0.1) is 0 Å². The van der Waals surface area contributed by atoms with Crippen LogP contribution in [0.25, 0.3) is 16.3 Å². The molecule has 9 heteroatoms. The Kier molecular flexibility index (Phi) is 7.29. The summed E-state index contributed by atoms with van der Waals surface area (Å²) in [5, 5.41) is 2.56. The molecule has 0 unspecified atom stereocenters. The van der Waals surface area contributed by atoms with Crippen molar-refractivity contribution in [3.8, 4) is 0 Å². The fourth-order valence-corrected chi connectivity index (χ4v) is 8.22.